The maximum Gasteiger partial charge on any atom is 0.238 e. The Hall–Kier alpha value is -0.870. The zero-order chi connectivity index (χ0) is 13.2. The summed E-state index contributed by atoms with van der Waals surface area (Å²) in [5.41, 5.74) is 0.357. The molecule has 0 aromatic heterocycles. The molecule has 18 heavy (non-hydrogen) atoms. The minimum absolute atomic E-state index is 0.113. The number of nitrogens with zero attached hydrogens (tertiary/aromatic N) is 1. The van der Waals surface area contributed by atoms with E-state index in [2.05, 4.69) is 15.9 Å². The Bertz CT molecular complexity index is 560. The minimum Gasteiger partial charge on any atom is -0.274 e. The van der Waals surface area contributed by atoms with E-state index in [0.717, 1.165) is 0 Å². The van der Waals surface area contributed by atoms with Crippen LogP contribution in [0.15, 0.2) is 22.7 Å². The molecule has 0 bridgehead atoms. The van der Waals surface area contributed by atoms with Crippen LogP contribution in [0.1, 0.15) is 13.8 Å². The van der Waals surface area contributed by atoms with E-state index in [1.54, 1.807) is 18.2 Å². The number of fused-ring (bicyclic) bond motifs is 1. The number of piperidine rings is 1. The predicted octanol–water partition coefficient (Wildman–Crippen LogP) is 3.25. The van der Waals surface area contributed by atoms with E-state index < -0.39 is 0 Å². The fourth-order valence-electron chi connectivity index (χ4n) is 2.84. The molecule has 2 fully saturated rings. The van der Waals surface area contributed by atoms with Gasteiger partial charge < -0.3 is 0 Å². The highest BCUT2D eigenvalue weighted by Gasteiger charge is 2.72. The van der Waals surface area contributed by atoms with E-state index in [1.807, 2.05) is 13.8 Å². The molecule has 2 aliphatic rings. The molecule has 1 aromatic rings. The highest BCUT2D eigenvalue weighted by Crippen LogP contribution is 2.64. The average molecular weight is 329 g/mol. The first-order valence-electron chi connectivity index (χ1n) is 5.68. The molecule has 3 rings (SSSR count). The lowest BCUT2D eigenvalue weighted by atomic mass is 10.1. The van der Waals surface area contributed by atoms with Crippen LogP contribution in [0.4, 0.5) is 5.69 Å². The van der Waals surface area contributed by atoms with Crippen LogP contribution >= 0.6 is 27.5 Å². The summed E-state index contributed by atoms with van der Waals surface area (Å²) in [7, 11) is 0. The van der Waals surface area contributed by atoms with Crippen LogP contribution in [0, 0.1) is 17.3 Å². The molecule has 0 radical (unpaired) electrons. The van der Waals surface area contributed by atoms with Gasteiger partial charge in [-0.3, -0.25) is 9.59 Å². The van der Waals surface area contributed by atoms with E-state index in [0.29, 0.717) is 15.2 Å². The summed E-state index contributed by atoms with van der Waals surface area (Å²) in [6.45, 7) is 3.92. The number of imide groups is 1. The summed E-state index contributed by atoms with van der Waals surface area (Å²) in [5.74, 6) is -0.567. The summed E-state index contributed by atoms with van der Waals surface area (Å²) < 4.78 is 0.702. The quantitative estimate of drug-likeness (QED) is 0.742. The second-order valence-electron chi connectivity index (χ2n) is 5.38. The third kappa shape index (κ3) is 1.42. The van der Waals surface area contributed by atoms with Crippen LogP contribution in [0.2, 0.25) is 5.02 Å². The summed E-state index contributed by atoms with van der Waals surface area (Å²) in [5, 5.41) is 0.508. The van der Waals surface area contributed by atoms with Gasteiger partial charge in [-0.1, -0.05) is 25.4 Å². The lowest BCUT2D eigenvalue weighted by molar-refractivity contribution is -0.125. The van der Waals surface area contributed by atoms with Crippen LogP contribution in [0.25, 0.3) is 0 Å². The number of hydrogen-bond donors (Lipinski definition) is 0. The van der Waals surface area contributed by atoms with Crippen LogP contribution < -0.4 is 4.90 Å². The van der Waals surface area contributed by atoms with Gasteiger partial charge in [0.1, 0.15) is 0 Å². The molecular formula is C13H11BrClNO2. The lowest BCUT2D eigenvalue weighted by Crippen LogP contribution is -2.36. The van der Waals surface area contributed by atoms with Crippen molar-refractivity contribution in [1.29, 1.82) is 0 Å². The second-order valence-corrected chi connectivity index (χ2v) is 6.68. The molecule has 0 spiro atoms. The molecule has 94 valence electrons. The van der Waals surface area contributed by atoms with Crippen LogP contribution in [0.5, 0.6) is 0 Å². The van der Waals surface area contributed by atoms with Gasteiger partial charge in [-0.2, -0.15) is 0 Å². The minimum atomic E-state index is -0.185. The molecule has 1 aliphatic carbocycles. The first-order valence-corrected chi connectivity index (χ1v) is 6.85. The Morgan fingerprint density at radius 2 is 1.78 bits per heavy atom. The molecule has 1 saturated heterocycles. The Balaban J connectivity index is 2.03. The Morgan fingerprint density at radius 1 is 1.22 bits per heavy atom. The van der Waals surface area contributed by atoms with E-state index in [1.165, 1.54) is 4.90 Å². The van der Waals surface area contributed by atoms with Gasteiger partial charge >= 0.3 is 0 Å². The van der Waals surface area contributed by atoms with Gasteiger partial charge in [-0.25, -0.2) is 4.90 Å². The second kappa shape index (κ2) is 3.58. The van der Waals surface area contributed by atoms with E-state index in [9.17, 15) is 9.59 Å². The number of anilines is 1. The van der Waals surface area contributed by atoms with Crippen molar-refractivity contribution in [2.24, 2.45) is 17.3 Å². The van der Waals surface area contributed by atoms with E-state index >= 15 is 0 Å². The summed E-state index contributed by atoms with van der Waals surface area (Å²) in [6.07, 6.45) is 0. The summed E-state index contributed by atoms with van der Waals surface area (Å²) >= 11 is 9.28. The zero-order valence-corrected chi connectivity index (χ0v) is 12.2. The van der Waals surface area contributed by atoms with Gasteiger partial charge in [-0.15, -0.1) is 0 Å². The predicted molar refractivity (Wildman–Crippen MR) is 72.4 cm³/mol. The highest BCUT2D eigenvalue weighted by atomic mass is 79.9. The standard InChI is InChI=1S/C13H11BrClNO2/c1-13(2)9-10(13)12(18)16(11(9)17)8-5-6(15)3-4-7(8)14/h3-5,9-10H,1-2H3. The van der Waals surface area contributed by atoms with Crippen molar-refractivity contribution in [3.8, 4) is 0 Å². The summed E-state index contributed by atoms with van der Waals surface area (Å²) in [4.78, 5) is 25.8. The smallest absolute Gasteiger partial charge is 0.238 e. The normalized spacial score (nSPS) is 28.6. The number of carbonyl (C=O) groups is 2. The van der Waals surface area contributed by atoms with Crippen molar-refractivity contribution in [2.45, 2.75) is 13.8 Å². The van der Waals surface area contributed by atoms with Gasteiger partial charge in [0.15, 0.2) is 0 Å². The van der Waals surface area contributed by atoms with Crippen molar-refractivity contribution in [3.05, 3.63) is 27.7 Å². The Kier molecular flexibility index (Phi) is 2.42. The Morgan fingerprint density at radius 3 is 2.33 bits per heavy atom. The van der Waals surface area contributed by atoms with E-state index in [4.69, 9.17) is 11.6 Å². The molecule has 3 nitrogen and oxygen atoms in total. The van der Waals surface area contributed by atoms with Gasteiger partial charge in [0.2, 0.25) is 11.8 Å². The van der Waals surface area contributed by atoms with Gasteiger partial charge in [-0.05, 0) is 39.5 Å². The first kappa shape index (κ1) is 12.2. The molecule has 1 aliphatic heterocycles. The first-order chi connectivity index (χ1) is 8.35. The molecule has 0 N–H and O–H groups in total. The number of hydrogen-bond acceptors (Lipinski definition) is 2. The Labute approximate surface area is 118 Å². The SMILES string of the molecule is CC1(C)C2C(=O)N(c3cc(Cl)ccc3Br)C(=O)C21. The number of amides is 2. The average Bonchev–Trinajstić information content (AvgIpc) is 2.74. The van der Waals surface area contributed by atoms with Crippen molar-refractivity contribution >= 4 is 45.0 Å². The highest BCUT2D eigenvalue weighted by molar-refractivity contribution is 9.10. The molecule has 1 saturated carbocycles. The van der Waals surface area contributed by atoms with Crippen LogP contribution in [0.3, 0.4) is 0 Å². The molecule has 2 atom stereocenters. The summed E-state index contributed by atoms with van der Waals surface area (Å²) in [6, 6.07) is 5.09. The molecular weight excluding hydrogens is 318 g/mol. The van der Waals surface area contributed by atoms with Crippen molar-refractivity contribution in [3.63, 3.8) is 0 Å². The van der Waals surface area contributed by atoms with Gasteiger partial charge in [0.05, 0.1) is 17.5 Å². The maximum absolute atomic E-state index is 12.3. The monoisotopic (exact) mass is 327 g/mol. The fraction of sp³-hybridized carbons (Fsp3) is 0.385. The number of carbonyl (C=O) groups excluding carboxylic acids is 2. The maximum atomic E-state index is 12.3. The number of rotatable bonds is 1. The largest absolute Gasteiger partial charge is 0.274 e. The molecule has 1 aromatic carbocycles. The molecule has 2 unspecified atom stereocenters. The molecule has 5 heteroatoms. The number of halogens is 2. The van der Waals surface area contributed by atoms with Crippen LogP contribution in [-0.2, 0) is 9.59 Å². The topological polar surface area (TPSA) is 37.4 Å². The number of benzene rings is 1. The van der Waals surface area contributed by atoms with Crippen molar-refractivity contribution < 1.29 is 9.59 Å². The van der Waals surface area contributed by atoms with Crippen molar-refractivity contribution in [1.82, 2.24) is 0 Å². The van der Waals surface area contributed by atoms with Crippen LogP contribution in [-0.4, -0.2) is 11.8 Å². The molecule has 2 amide bonds. The third-order valence-corrected chi connectivity index (χ3v) is 4.85. The van der Waals surface area contributed by atoms with Gasteiger partial charge in [0, 0.05) is 9.50 Å². The van der Waals surface area contributed by atoms with E-state index in [-0.39, 0.29) is 29.1 Å². The van der Waals surface area contributed by atoms with Gasteiger partial charge in [0.25, 0.3) is 0 Å². The lowest BCUT2D eigenvalue weighted by Gasteiger charge is -2.21. The molecule has 1 heterocycles. The fourth-order valence-corrected chi connectivity index (χ4v) is 3.43. The van der Waals surface area contributed by atoms with Crippen molar-refractivity contribution in [2.75, 3.05) is 4.90 Å². The third-order valence-electron chi connectivity index (χ3n) is 3.95. The zero-order valence-electron chi connectivity index (χ0n) is 9.91.